The molecule has 0 aromatic heterocycles. The molecule has 5 nitrogen and oxygen atoms in total. The van der Waals surface area contributed by atoms with E-state index in [-0.39, 0.29) is 0 Å². The predicted octanol–water partition coefficient (Wildman–Crippen LogP) is -0.0154. The lowest BCUT2D eigenvalue weighted by molar-refractivity contribution is 0.293. The largest absolute Gasteiger partial charge is 0.573 e. The van der Waals surface area contributed by atoms with Gasteiger partial charge in [-0.2, -0.15) is 0 Å². The van der Waals surface area contributed by atoms with Gasteiger partial charge in [0.05, 0.1) is 12.6 Å². The van der Waals surface area contributed by atoms with Crippen molar-refractivity contribution in [3.05, 3.63) is 12.4 Å². The molecule has 1 aliphatic heterocycles. The van der Waals surface area contributed by atoms with Gasteiger partial charge in [0.15, 0.2) is 0 Å². The molecule has 1 rings (SSSR count). The Kier molecular flexibility index (Phi) is 7.51. The molecule has 0 bridgehead atoms. The summed E-state index contributed by atoms with van der Waals surface area (Å²) >= 11 is 0. The maximum absolute atomic E-state index is 7.56. The minimum Gasteiger partial charge on any atom is -0.415 e. The van der Waals surface area contributed by atoms with Crippen LogP contribution in [0.3, 0.4) is 0 Å². The summed E-state index contributed by atoms with van der Waals surface area (Å²) in [5, 5.41) is 22.5. The van der Waals surface area contributed by atoms with Gasteiger partial charge in [0, 0.05) is 26.0 Å². The summed E-state index contributed by atoms with van der Waals surface area (Å²) in [6.45, 7) is 4.50. The van der Waals surface area contributed by atoms with Crippen LogP contribution in [0, 0.1) is 11.2 Å². The molecule has 6 heteroatoms. The Balaban J connectivity index is 0.000000336. The van der Waals surface area contributed by atoms with E-state index < -0.39 is 7.12 Å². The Morgan fingerprint density at radius 1 is 1.47 bits per heavy atom. The predicted molar refractivity (Wildman–Crippen MR) is 59.2 cm³/mol. The molecule has 0 spiro atoms. The van der Waals surface area contributed by atoms with Crippen molar-refractivity contribution in [1.29, 1.82) is 5.26 Å². The summed E-state index contributed by atoms with van der Waals surface area (Å²) in [6, 6.07) is 0. The van der Waals surface area contributed by atoms with Crippen LogP contribution in [0.5, 0.6) is 0 Å². The molecule has 0 amide bonds. The van der Waals surface area contributed by atoms with Gasteiger partial charge in [-0.05, 0) is 6.42 Å². The van der Waals surface area contributed by atoms with Gasteiger partial charge < -0.3 is 19.8 Å². The van der Waals surface area contributed by atoms with Crippen molar-refractivity contribution >= 4 is 7.12 Å². The van der Waals surface area contributed by atoms with Crippen molar-refractivity contribution in [2.75, 3.05) is 20.3 Å². The molecule has 84 valence electrons. The van der Waals surface area contributed by atoms with Gasteiger partial charge >= 0.3 is 7.12 Å². The van der Waals surface area contributed by atoms with Gasteiger partial charge in [0.2, 0.25) is 0 Å². The van der Waals surface area contributed by atoms with Crippen molar-refractivity contribution in [3.8, 4) is 5.97 Å². The van der Waals surface area contributed by atoms with Crippen LogP contribution in [0.1, 0.15) is 19.8 Å². The number of nitrogens with zero attached hydrogens (tertiary/aromatic N) is 3. The molecule has 0 saturated heterocycles. The van der Waals surface area contributed by atoms with Crippen LogP contribution in [0.4, 0.5) is 0 Å². The van der Waals surface area contributed by atoms with Crippen LogP contribution in [0.15, 0.2) is 12.4 Å². The first-order valence-electron chi connectivity index (χ1n) is 4.98. The van der Waals surface area contributed by atoms with Crippen molar-refractivity contribution in [2.24, 2.45) is 0 Å². The van der Waals surface area contributed by atoms with Gasteiger partial charge in [-0.3, -0.25) is 0 Å². The number of hydrogen-bond donors (Lipinski definition) is 2. The number of hydrogen-bond acceptors (Lipinski definition) is 5. The second-order valence-corrected chi connectivity index (χ2v) is 3.37. The first kappa shape index (κ1) is 13.8. The molecule has 1 heterocycles. The van der Waals surface area contributed by atoms with E-state index in [4.69, 9.17) is 15.3 Å². The Morgan fingerprint density at radius 3 is 2.40 bits per heavy atom. The third kappa shape index (κ3) is 7.85. The molecular formula is C9H18BN3O2. The third-order valence-corrected chi connectivity index (χ3v) is 1.85. The SMILES string of the molecule is CCCCN1C=CN(C)C1.N#CB(O)O. The van der Waals surface area contributed by atoms with E-state index in [0.717, 1.165) is 12.6 Å². The molecular weight excluding hydrogens is 193 g/mol. The van der Waals surface area contributed by atoms with E-state index in [0.29, 0.717) is 0 Å². The van der Waals surface area contributed by atoms with Crippen LogP contribution in [-0.2, 0) is 0 Å². The Labute approximate surface area is 91.4 Å². The molecule has 0 aromatic rings. The Hall–Kier alpha value is -1.19. The van der Waals surface area contributed by atoms with E-state index in [2.05, 4.69) is 36.2 Å². The normalized spacial score (nSPS) is 13.3. The van der Waals surface area contributed by atoms with Crippen molar-refractivity contribution in [1.82, 2.24) is 9.80 Å². The summed E-state index contributed by atoms with van der Waals surface area (Å²) in [6.07, 6.45) is 6.87. The maximum Gasteiger partial charge on any atom is 0.573 e. The number of unbranched alkanes of at least 4 members (excludes halogenated alkanes) is 1. The lowest BCUT2D eigenvalue weighted by atomic mass is 9.97. The average molecular weight is 211 g/mol. The van der Waals surface area contributed by atoms with Crippen molar-refractivity contribution < 1.29 is 10.0 Å². The van der Waals surface area contributed by atoms with E-state index >= 15 is 0 Å². The zero-order valence-corrected chi connectivity index (χ0v) is 9.30. The zero-order chi connectivity index (χ0) is 11.7. The van der Waals surface area contributed by atoms with Gasteiger partial charge in [0.1, 0.15) is 0 Å². The third-order valence-electron chi connectivity index (χ3n) is 1.85. The van der Waals surface area contributed by atoms with E-state index in [1.54, 1.807) is 0 Å². The standard InChI is InChI=1S/C8H16N2.CH2BNO2/c1-3-4-5-10-7-6-9(2)8-10;3-1-2(4)5/h6-7H,3-5,8H2,1-2H3;4-5H. The lowest BCUT2D eigenvalue weighted by Gasteiger charge is -2.17. The van der Waals surface area contributed by atoms with E-state index in [1.165, 1.54) is 19.4 Å². The topological polar surface area (TPSA) is 70.7 Å². The minimum absolute atomic E-state index is 1.07. The summed E-state index contributed by atoms with van der Waals surface area (Å²) < 4.78 is 0. The molecule has 0 saturated carbocycles. The average Bonchev–Trinajstić information content (AvgIpc) is 2.62. The molecule has 0 unspecified atom stereocenters. The van der Waals surface area contributed by atoms with Crippen LogP contribution in [-0.4, -0.2) is 47.2 Å². The number of rotatable bonds is 3. The molecule has 2 N–H and O–H groups in total. The summed E-state index contributed by atoms with van der Waals surface area (Å²) in [4.78, 5) is 4.53. The molecule has 0 aliphatic carbocycles. The van der Waals surface area contributed by atoms with Crippen LogP contribution in [0.25, 0.3) is 0 Å². The fraction of sp³-hybridized carbons (Fsp3) is 0.667. The Bertz CT molecular complexity index is 228. The molecule has 0 fully saturated rings. The molecule has 1 aliphatic rings. The first-order valence-corrected chi connectivity index (χ1v) is 4.98. The first-order chi connectivity index (χ1) is 7.10. The summed E-state index contributed by atoms with van der Waals surface area (Å²) in [7, 11) is 0.289. The van der Waals surface area contributed by atoms with Crippen molar-refractivity contribution in [3.63, 3.8) is 0 Å². The van der Waals surface area contributed by atoms with Crippen LogP contribution >= 0.6 is 0 Å². The highest BCUT2D eigenvalue weighted by Crippen LogP contribution is 2.04. The molecule has 0 aromatic carbocycles. The smallest absolute Gasteiger partial charge is 0.415 e. The van der Waals surface area contributed by atoms with Crippen LogP contribution < -0.4 is 0 Å². The second-order valence-electron chi connectivity index (χ2n) is 3.37. The number of nitriles is 1. The van der Waals surface area contributed by atoms with Crippen molar-refractivity contribution in [2.45, 2.75) is 19.8 Å². The maximum atomic E-state index is 7.56. The van der Waals surface area contributed by atoms with Gasteiger partial charge in [0.25, 0.3) is 0 Å². The highest BCUT2D eigenvalue weighted by molar-refractivity contribution is 6.50. The van der Waals surface area contributed by atoms with E-state index in [9.17, 15) is 0 Å². The zero-order valence-electron chi connectivity index (χ0n) is 9.30. The summed E-state index contributed by atoms with van der Waals surface area (Å²) in [5.41, 5.74) is 0. The lowest BCUT2D eigenvalue weighted by Crippen LogP contribution is -2.23. The highest BCUT2D eigenvalue weighted by atomic mass is 16.4. The molecule has 0 radical (unpaired) electrons. The quantitative estimate of drug-likeness (QED) is 0.642. The van der Waals surface area contributed by atoms with Crippen LogP contribution in [0.2, 0.25) is 0 Å². The molecule has 15 heavy (non-hydrogen) atoms. The summed E-state index contributed by atoms with van der Waals surface area (Å²) in [5.74, 6) is 1.14. The fourth-order valence-corrected chi connectivity index (χ4v) is 1.10. The Morgan fingerprint density at radius 2 is 2.07 bits per heavy atom. The highest BCUT2D eigenvalue weighted by Gasteiger charge is 2.05. The fourth-order valence-electron chi connectivity index (χ4n) is 1.10. The second kappa shape index (κ2) is 8.15. The van der Waals surface area contributed by atoms with Gasteiger partial charge in [-0.25, -0.2) is 5.26 Å². The molecule has 0 atom stereocenters. The van der Waals surface area contributed by atoms with Gasteiger partial charge in [-0.1, -0.05) is 13.3 Å². The van der Waals surface area contributed by atoms with E-state index in [1.807, 2.05) is 0 Å². The van der Waals surface area contributed by atoms with Gasteiger partial charge in [-0.15, -0.1) is 0 Å². The monoisotopic (exact) mass is 211 g/mol. The minimum atomic E-state index is -1.81.